The average Bonchev–Trinajstić information content (AvgIpc) is 2.75. The van der Waals surface area contributed by atoms with Crippen molar-refractivity contribution in [2.24, 2.45) is 0 Å². The second-order valence-electron chi connectivity index (χ2n) is 7.07. The Morgan fingerprint density at radius 2 is 1.55 bits per heavy atom. The predicted molar refractivity (Wildman–Crippen MR) is 122 cm³/mol. The summed E-state index contributed by atoms with van der Waals surface area (Å²) >= 11 is 5.99. The molecule has 0 saturated heterocycles. The zero-order valence-corrected chi connectivity index (χ0v) is 18.0. The van der Waals surface area contributed by atoms with Gasteiger partial charge in [0.25, 0.3) is 11.8 Å². The number of carbonyl (C=O) groups is 2. The van der Waals surface area contributed by atoms with E-state index in [-0.39, 0.29) is 11.1 Å². The van der Waals surface area contributed by atoms with Crippen LogP contribution in [0.25, 0.3) is 0 Å². The Hall–Kier alpha value is -3.38. The van der Waals surface area contributed by atoms with Crippen molar-refractivity contribution >= 4 is 23.4 Å². The second-order valence-corrected chi connectivity index (χ2v) is 7.50. The van der Waals surface area contributed by atoms with Crippen molar-refractivity contribution in [1.82, 2.24) is 15.2 Å². The highest BCUT2D eigenvalue weighted by Crippen LogP contribution is 2.11. The SMILES string of the molecule is CCNC(=O)c1cn(Cc2ccccc2)cc(C(=O)NCCc2cccc(Cl)c2)c1=O. The molecule has 31 heavy (non-hydrogen) atoms. The van der Waals surface area contributed by atoms with Gasteiger partial charge in [-0.15, -0.1) is 0 Å². The number of pyridine rings is 1. The molecule has 0 spiro atoms. The number of carbonyl (C=O) groups excluding carboxylic acids is 2. The number of halogens is 1. The van der Waals surface area contributed by atoms with Crippen LogP contribution in [-0.2, 0) is 13.0 Å². The van der Waals surface area contributed by atoms with Crippen molar-refractivity contribution < 1.29 is 9.59 Å². The molecule has 6 nitrogen and oxygen atoms in total. The minimum absolute atomic E-state index is 0.0553. The summed E-state index contributed by atoms with van der Waals surface area (Å²) in [7, 11) is 0. The number of nitrogens with zero attached hydrogens (tertiary/aromatic N) is 1. The molecule has 1 aromatic heterocycles. The fourth-order valence-electron chi connectivity index (χ4n) is 3.20. The summed E-state index contributed by atoms with van der Waals surface area (Å²) in [4.78, 5) is 38.0. The third kappa shape index (κ3) is 6.06. The standard InChI is InChI=1S/C24H24ClN3O3/c1-2-26-23(30)20-15-28(14-18-7-4-3-5-8-18)16-21(22(20)29)24(31)27-12-11-17-9-6-10-19(25)13-17/h3-10,13,15-16H,2,11-12,14H2,1H3,(H,26,30)(H,27,31). The van der Waals surface area contributed by atoms with Gasteiger partial charge in [-0.1, -0.05) is 54.1 Å². The van der Waals surface area contributed by atoms with E-state index < -0.39 is 17.2 Å². The molecule has 0 bridgehead atoms. The van der Waals surface area contributed by atoms with Crippen LogP contribution in [0.15, 0.2) is 71.8 Å². The normalized spacial score (nSPS) is 10.5. The molecule has 2 amide bonds. The Labute approximate surface area is 185 Å². The monoisotopic (exact) mass is 437 g/mol. The van der Waals surface area contributed by atoms with Crippen LogP contribution < -0.4 is 16.1 Å². The largest absolute Gasteiger partial charge is 0.352 e. The number of benzene rings is 2. The zero-order valence-electron chi connectivity index (χ0n) is 17.2. The molecule has 3 rings (SSSR count). The molecule has 3 aromatic rings. The van der Waals surface area contributed by atoms with E-state index in [1.165, 1.54) is 12.4 Å². The number of hydrogen-bond donors (Lipinski definition) is 2. The summed E-state index contributed by atoms with van der Waals surface area (Å²) in [6.07, 6.45) is 3.55. The van der Waals surface area contributed by atoms with E-state index in [1.54, 1.807) is 17.6 Å². The maximum Gasteiger partial charge on any atom is 0.256 e. The van der Waals surface area contributed by atoms with E-state index in [9.17, 15) is 14.4 Å². The molecule has 7 heteroatoms. The molecule has 0 saturated carbocycles. The minimum atomic E-state index is -0.587. The third-order valence-corrected chi connectivity index (χ3v) is 4.94. The second kappa shape index (κ2) is 10.6. The van der Waals surface area contributed by atoms with Gasteiger partial charge in [-0.25, -0.2) is 0 Å². The number of hydrogen-bond acceptors (Lipinski definition) is 3. The molecule has 0 unspecified atom stereocenters. The number of nitrogens with one attached hydrogen (secondary N) is 2. The molecule has 1 heterocycles. The van der Waals surface area contributed by atoms with E-state index in [2.05, 4.69) is 10.6 Å². The molecule has 0 radical (unpaired) electrons. The van der Waals surface area contributed by atoms with Crippen molar-refractivity contribution in [2.75, 3.05) is 13.1 Å². The van der Waals surface area contributed by atoms with Crippen LogP contribution in [0.4, 0.5) is 0 Å². The van der Waals surface area contributed by atoms with Gasteiger partial charge in [0.05, 0.1) is 0 Å². The van der Waals surface area contributed by atoms with E-state index in [1.807, 2.05) is 48.5 Å². The van der Waals surface area contributed by atoms with Crippen LogP contribution in [-0.4, -0.2) is 29.5 Å². The summed E-state index contributed by atoms with van der Waals surface area (Å²) in [6.45, 7) is 2.92. The molecule has 160 valence electrons. The first-order valence-corrected chi connectivity index (χ1v) is 10.4. The average molecular weight is 438 g/mol. The number of amides is 2. The summed E-state index contributed by atoms with van der Waals surface area (Å²) in [5.74, 6) is -1.01. The molecule has 0 aliphatic carbocycles. The van der Waals surface area contributed by atoms with Crippen LogP contribution in [0.3, 0.4) is 0 Å². The van der Waals surface area contributed by atoms with E-state index in [0.717, 1.165) is 11.1 Å². The van der Waals surface area contributed by atoms with Crippen LogP contribution in [0, 0.1) is 0 Å². The van der Waals surface area contributed by atoms with Crippen LogP contribution in [0.2, 0.25) is 5.02 Å². The van der Waals surface area contributed by atoms with Crippen LogP contribution >= 0.6 is 11.6 Å². The van der Waals surface area contributed by atoms with E-state index in [0.29, 0.717) is 31.1 Å². The maximum absolute atomic E-state index is 12.9. The van der Waals surface area contributed by atoms with Crippen molar-refractivity contribution in [3.8, 4) is 0 Å². The first kappa shape index (κ1) is 22.3. The topological polar surface area (TPSA) is 80.2 Å². The van der Waals surface area contributed by atoms with Gasteiger partial charge in [0.1, 0.15) is 11.1 Å². The number of rotatable bonds is 8. The molecule has 0 fully saturated rings. The highest BCUT2D eigenvalue weighted by molar-refractivity contribution is 6.30. The Bertz CT molecular complexity index is 1130. The van der Waals surface area contributed by atoms with Crippen molar-refractivity contribution in [3.63, 3.8) is 0 Å². The van der Waals surface area contributed by atoms with E-state index >= 15 is 0 Å². The zero-order chi connectivity index (χ0) is 22.2. The summed E-state index contributed by atoms with van der Waals surface area (Å²) in [6, 6.07) is 17.0. The van der Waals surface area contributed by atoms with Crippen LogP contribution in [0.1, 0.15) is 38.8 Å². The first-order chi connectivity index (χ1) is 15.0. The maximum atomic E-state index is 12.9. The van der Waals surface area contributed by atoms with Gasteiger partial charge < -0.3 is 15.2 Å². The van der Waals surface area contributed by atoms with Gasteiger partial charge in [-0.3, -0.25) is 14.4 Å². The Balaban J connectivity index is 1.83. The number of aromatic nitrogens is 1. The molecular weight excluding hydrogens is 414 g/mol. The summed E-state index contributed by atoms with van der Waals surface area (Å²) in [5, 5.41) is 6.03. The lowest BCUT2D eigenvalue weighted by molar-refractivity contribution is 0.0951. The molecule has 2 N–H and O–H groups in total. The lowest BCUT2D eigenvalue weighted by Crippen LogP contribution is -2.36. The lowest BCUT2D eigenvalue weighted by atomic mass is 10.1. The fourth-order valence-corrected chi connectivity index (χ4v) is 3.42. The molecule has 0 atom stereocenters. The van der Waals surface area contributed by atoms with Gasteiger partial charge in [0.15, 0.2) is 0 Å². The molecule has 2 aromatic carbocycles. The van der Waals surface area contributed by atoms with Gasteiger partial charge >= 0.3 is 0 Å². The van der Waals surface area contributed by atoms with E-state index in [4.69, 9.17) is 11.6 Å². The Morgan fingerprint density at radius 3 is 2.19 bits per heavy atom. The fraction of sp³-hybridized carbons (Fsp3) is 0.208. The third-order valence-electron chi connectivity index (χ3n) is 4.70. The molecule has 0 aliphatic heterocycles. The molecular formula is C24H24ClN3O3. The quantitative estimate of drug-likeness (QED) is 0.567. The van der Waals surface area contributed by atoms with Crippen molar-refractivity contribution in [1.29, 1.82) is 0 Å². The Kier molecular flexibility index (Phi) is 7.62. The highest BCUT2D eigenvalue weighted by Gasteiger charge is 2.19. The van der Waals surface area contributed by atoms with Gasteiger partial charge in [-0.2, -0.15) is 0 Å². The molecule has 0 aliphatic rings. The van der Waals surface area contributed by atoms with Gasteiger partial charge in [0.2, 0.25) is 5.43 Å². The summed E-state index contributed by atoms with van der Waals surface area (Å²) < 4.78 is 1.69. The van der Waals surface area contributed by atoms with Gasteiger partial charge in [-0.05, 0) is 36.6 Å². The lowest BCUT2D eigenvalue weighted by Gasteiger charge is -2.13. The summed E-state index contributed by atoms with van der Waals surface area (Å²) in [5.41, 5.74) is 1.26. The van der Waals surface area contributed by atoms with Crippen LogP contribution in [0.5, 0.6) is 0 Å². The van der Waals surface area contributed by atoms with Crippen molar-refractivity contribution in [2.45, 2.75) is 19.9 Å². The minimum Gasteiger partial charge on any atom is -0.352 e. The Morgan fingerprint density at radius 1 is 0.903 bits per heavy atom. The van der Waals surface area contributed by atoms with Crippen molar-refractivity contribution in [3.05, 3.63) is 104 Å². The predicted octanol–water partition coefficient (Wildman–Crippen LogP) is 3.27. The highest BCUT2D eigenvalue weighted by atomic mass is 35.5. The smallest absolute Gasteiger partial charge is 0.256 e. The van der Waals surface area contributed by atoms with Gasteiger partial charge in [0, 0.05) is 37.1 Å². The first-order valence-electron chi connectivity index (χ1n) is 10.1.